The summed E-state index contributed by atoms with van der Waals surface area (Å²) in [5.74, 6) is -1.13. The number of nitrogens with zero attached hydrogens (tertiary/aromatic N) is 3. The van der Waals surface area contributed by atoms with Crippen LogP contribution in [-0.2, 0) is 0 Å². The minimum absolute atomic E-state index is 0.150. The van der Waals surface area contributed by atoms with Gasteiger partial charge in [-0.25, -0.2) is 19.2 Å². The van der Waals surface area contributed by atoms with Crippen molar-refractivity contribution in [1.29, 1.82) is 0 Å². The van der Waals surface area contributed by atoms with E-state index in [4.69, 9.17) is 5.11 Å². The molecule has 1 saturated heterocycles. The fourth-order valence-corrected chi connectivity index (χ4v) is 3.86. The van der Waals surface area contributed by atoms with Crippen molar-refractivity contribution in [3.63, 3.8) is 0 Å². The van der Waals surface area contributed by atoms with Crippen molar-refractivity contribution in [3.05, 3.63) is 71.7 Å². The number of pyridine rings is 2. The molecule has 3 heterocycles. The van der Waals surface area contributed by atoms with Crippen LogP contribution in [0.15, 0.2) is 54.9 Å². The number of carbonyl (C=O) groups excluding carboxylic acids is 1. The molecule has 2 N–H and O–H groups in total. The van der Waals surface area contributed by atoms with Gasteiger partial charge in [0, 0.05) is 30.9 Å². The second kappa shape index (κ2) is 8.37. The third kappa shape index (κ3) is 4.30. The maximum atomic E-state index is 14.6. The molecule has 8 heteroatoms. The molecule has 4 rings (SSSR count). The number of hydrogen-bond donors (Lipinski definition) is 2. The highest BCUT2D eigenvalue weighted by Gasteiger charge is 2.35. The topological polar surface area (TPSA) is 95.4 Å². The average molecular weight is 434 g/mol. The number of anilines is 2. The van der Waals surface area contributed by atoms with E-state index in [1.165, 1.54) is 18.3 Å². The van der Waals surface area contributed by atoms with Crippen LogP contribution in [0.4, 0.5) is 15.9 Å². The lowest BCUT2D eigenvalue weighted by molar-refractivity contribution is 0.0690. The number of halogens is 1. The van der Waals surface area contributed by atoms with Gasteiger partial charge in [-0.2, -0.15) is 0 Å². The number of nitrogens with one attached hydrogen (secondary N) is 1. The highest BCUT2D eigenvalue weighted by atomic mass is 19.1. The maximum absolute atomic E-state index is 14.6. The number of rotatable bonds is 5. The number of alkyl halides is 1. The molecule has 0 aliphatic carbocycles. The first-order valence-corrected chi connectivity index (χ1v) is 10.2. The minimum Gasteiger partial charge on any atom is -0.477 e. The molecule has 1 fully saturated rings. The summed E-state index contributed by atoms with van der Waals surface area (Å²) in [4.78, 5) is 34.2. The average Bonchev–Trinajstić information content (AvgIpc) is 3.14. The molecule has 1 atom stereocenters. The Morgan fingerprint density at radius 2 is 1.91 bits per heavy atom. The van der Waals surface area contributed by atoms with Gasteiger partial charge in [-0.15, -0.1) is 0 Å². The van der Waals surface area contributed by atoms with E-state index < -0.39 is 17.5 Å². The van der Waals surface area contributed by atoms with Crippen LogP contribution in [0.3, 0.4) is 0 Å². The summed E-state index contributed by atoms with van der Waals surface area (Å²) < 4.78 is 14.6. The summed E-state index contributed by atoms with van der Waals surface area (Å²) in [6, 6.07) is 12.3. The monoisotopic (exact) mass is 434 g/mol. The first kappa shape index (κ1) is 21.4. The normalized spacial score (nSPS) is 17.9. The van der Waals surface area contributed by atoms with Crippen molar-refractivity contribution in [3.8, 4) is 11.1 Å². The molecule has 0 saturated carbocycles. The highest BCUT2D eigenvalue weighted by molar-refractivity contribution is 6.08. The molecule has 32 heavy (non-hydrogen) atoms. The zero-order valence-corrected chi connectivity index (χ0v) is 17.8. The van der Waals surface area contributed by atoms with Crippen LogP contribution in [0.25, 0.3) is 11.1 Å². The van der Waals surface area contributed by atoms with E-state index in [-0.39, 0.29) is 17.8 Å². The zero-order chi connectivity index (χ0) is 22.9. The smallest absolute Gasteiger partial charge is 0.354 e. The summed E-state index contributed by atoms with van der Waals surface area (Å²) in [6.07, 6.45) is 3.25. The molecule has 0 spiro atoms. The molecule has 3 aromatic rings. The largest absolute Gasteiger partial charge is 0.477 e. The Hall–Kier alpha value is -3.81. The van der Waals surface area contributed by atoms with Crippen molar-refractivity contribution in [2.24, 2.45) is 0 Å². The molecule has 1 unspecified atom stereocenters. The van der Waals surface area contributed by atoms with Gasteiger partial charge in [0.1, 0.15) is 11.4 Å². The van der Waals surface area contributed by atoms with Crippen LogP contribution in [-0.4, -0.2) is 45.7 Å². The second-order valence-corrected chi connectivity index (χ2v) is 8.15. The fraction of sp³-hybridized carbons (Fsp3) is 0.250. The van der Waals surface area contributed by atoms with Crippen LogP contribution in [0, 0.1) is 6.92 Å². The van der Waals surface area contributed by atoms with Crippen molar-refractivity contribution >= 4 is 23.4 Å². The molecule has 1 aliphatic rings. The molecular weight excluding hydrogens is 411 g/mol. The molecule has 0 bridgehead atoms. The van der Waals surface area contributed by atoms with Gasteiger partial charge in [0.15, 0.2) is 5.82 Å². The SMILES string of the molecule is Cc1ccccc1-c1ccnc(N2CCC(C)(F)C2)c1NC(=O)c1ccc(C(=O)O)nc1. The van der Waals surface area contributed by atoms with Gasteiger partial charge in [0.05, 0.1) is 17.8 Å². The third-order valence-corrected chi connectivity index (χ3v) is 5.57. The standard InChI is InChI=1S/C24H23FN4O3/c1-15-5-3-4-6-17(15)18-9-11-26-21(29-12-10-24(2,25)14-29)20(18)28-22(30)16-7-8-19(23(31)32)27-13-16/h3-9,11,13H,10,12,14H2,1-2H3,(H,28,30)(H,31,32). The van der Waals surface area contributed by atoms with Crippen molar-refractivity contribution < 1.29 is 19.1 Å². The number of aromatic nitrogens is 2. The van der Waals surface area contributed by atoms with E-state index >= 15 is 0 Å². The van der Waals surface area contributed by atoms with Crippen LogP contribution in [0.2, 0.25) is 0 Å². The Morgan fingerprint density at radius 1 is 1.12 bits per heavy atom. The van der Waals surface area contributed by atoms with E-state index in [0.29, 0.717) is 24.5 Å². The lowest BCUT2D eigenvalue weighted by Crippen LogP contribution is -2.28. The summed E-state index contributed by atoms with van der Waals surface area (Å²) in [5, 5.41) is 12.0. The Labute approximate surface area is 184 Å². The molecule has 7 nitrogen and oxygen atoms in total. The quantitative estimate of drug-likeness (QED) is 0.620. The Bertz CT molecular complexity index is 1180. The summed E-state index contributed by atoms with van der Waals surface area (Å²) in [5.41, 5.74) is 1.91. The van der Waals surface area contributed by atoms with Crippen molar-refractivity contribution in [2.75, 3.05) is 23.3 Å². The van der Waals surface area contributed by atoms with Crippen molar-refractivity contribution in [1.82, 2.24) is 9.97 Å². The van der Waals surface area contributed by atoms with E-state index in [9.17, 15) is 14.0 Å². The maximum Gasteiger partial charge on any atom is 0.354 e. The van der Waals surface area contributed by atoms with Gasteiger partial charge in [0.2, 0.25) is 0 Å². The van der Waals surface area contributed by atoms with E-state index in [2.05, 4.69) is 15.3 Å². The second-order valence-electron chi connectivity index (χ2n) is 8.15. The van der Waals surface area contributed by atoms with E-state index in [1.54, 1.807) is 13.1 Å². The van der Waals surface area contributed by atoms with Crippen molar-refractivity contribution in [2.45, 2.75) is 25.9 Å². The minimum atomic E-state index is -1.34. The number of carboxylic acids is 1. The summed E-state index contributed by atoms with van der Waals surface area (Å²) in [7, 11) is 0. The van der Waals surface area contributed by atoms with E-state index in [0.717, 1.165) is 16.7 Å². The number of carboxylic acid groups (broad SMARTS) is 1. The number of hydrogen-bond acceptors (Lipinski definition) is 5. The van der Waals surface area contributed by atoms with Crippen LogP contribution in [0.5, 0.6) is 0 Å². The molecule has 1 aromatic carbocycles. The van der Waals surface area contributed by atoms with Crippen LogP contribution < -0.4 is 10.2 Å². The molecule has 164 valence electrons. The number of aryl methyl sites for hydroxylation is 1. The number of amides is 1. The van der Waals surface area contributed by atoms with Gasteiger partial charge in [-0.1, -0.05) is 24.3 Å². The van der Waals surface area contributed by atoms with E-state index in [1.807, 2.05) is 42.2 Å². The predicted octanol–water partition coefficient (Wildman–Crippen LogP) is 4.34. The Balaban J connectivity index is 1.76. The first-order valence-electron chi connectivity index (χ1n) is 10.2. The predicted molar refractivity (Wildman–Crippen MR) is 120 cm³/mol. The molecule has 2 aromatic heterocycles. The van der Waals surface area contributed by atoms with Gasteiger partial charge in [-0.3, -0.25) is 4.79 Å². The fourth-order valence-electron chi connectivity index (χ4n) is 3.86. The summed E-state index contributed by atoms with van der Waals surface area (Å²) in [6.45, 7) is 4.19. The highest BCUT2D eigenvalue weighted by Crippen LogP contribution is 2.39. The van der Waals surface area contributed by atoms with Crippen LogP contribution >= 0.6 is 0 Å². The lowest BCUT2D eigenvalue weighted by Gasteiger charge is -2.24. The molecule has 0 radical (unpaired) electrons. The number of benzene rings is 1. The van der Waals surface area contributed by atoms with Gasteiger partial charge >= 0.3 is 5.97 Å². The van der Waals surface area contributed by atoms with Gasteiger partial charge < -0.3 is 15.3 Å². The lowest BCUT2D eigenvalue weighted by atomic mass is 9.99. The number of carbonyl (C=O) groups is 2. The van der Waals surface area contributed by atoms with Gasteiger partial charge in [0.25, 0.3) is 5.91 Å². The third-order valence-electron chi connectivity index (χ3n) is 5.57. The Kier molecular flexibility index (Phi) is 5.61. The molecule has 1 aliphatic heterocycles. The summed E-state index contributed by atoms with van der Waals surface area (Å²) >= 11 is 0. The number of aromatic carboxylic acids is 1. The zero-order valence-electron chi connectivity index (χ0n) is 17.8. The first-order chi connectivity index (χ1) is 15.2. The van der Waals surface area contributed by atoms with Crippen LogP contribution in [0.1, 0.15) is 39.8 Å². The Morgan fingerprint density at radius 3 is 2.53 bits per heavy atom. The molecule has 1 amide bonds. The molecular formula is C24H23FN4O3. The van der Waals surface area contributed by atoms with Gasteiger partial charge in [-0.05, 0) is 43.2 Å².